The van der Waals surface area contributed by atoms with Crippen LogP contribution in [0.25, 0.3) is 22.2 Å². The molecule has 0 fully saturated rings. The number of aryl methyl sites for hydroxylation is 1. The van der Waals surface area contributed by atoms with E-state index in [4.69, 9.17) is 4.52 Å². The molecular formula is C20H14N2O3. The van der Waals surface area contributed by atoms with Crippen molar-refractivity contribution in [2.75, 3.05) is 0 Å². The summed E-state index contributed by atoms with van der Waals surface area (Å²) in [5.41, 5.74) is 2.89. The summed E-state index contributed by atoms with van der Waals surface area (Å²) >= 11 is 0. The monoisotopic (exact) mass is 330 g/mol. The minimum Gasteiger partial charge on any atom is -0.618 e. The molecule has 0 radical (unpaired) electrons. The predicted octanol–water partition coefficient (Wildman–Crippen LogP) is 3.67. The molecule has 0 aliphatic rings. The van der Waals surface area contributed by atoms with Crippen molar-refractivity contribution in [3.63, 3.8) is 0 Å². The fourth-order valence-corrected chi connectivity index (χ4v) is 2.92. The summed E-state index contributed by atoms with van der Waals surface area (Å²) in [6.07, 6.45) is 0. The largest absolute Gasteiger partial charge is 0.618 e. The SMILES string of the molecule is Cc1noc2cc(-c3ccccc3)c(C(=O)c3ccccc3)[n+]([O-])c12. The van der Waals surface area contributed by atoms with Gasteiger partial charge in [0.25, 0.3) is 17.0 Å². The third kappa shape index (κ3) is 2.46. The number of hydrogen-bond donors (Lipinski definition) is 0. The number of carbonyl (C=O) groups excluding carboxylic acids is 1. The van der Waals surface area contributed by atoms with E-state index in [9.17, 15) is 10.0 Å². The smallest absolute Gasteiger partial charge is 0.287 e. The van der Waals surface area contributed by atoms with Gasteiger partial charge < -0.3 is 9.73 Å². The molecule has 0 spiro atoms. The normalized spacial score (nSPS) is 10.9. The second-order valence-corrected chi connectivity index (χ2v) is 5.74. The minimum atomic E-state index is -0.336. The Morgan fingerprint density at radius 2 is 1.68 bits per heavy atom. The van der Waals surface area contributed by atoms with E-state index in [2.05, 4.69) is 5.16 Å². The molecule has 2 heterocycles. The molecule has 0 N–H and O–H groups in total. The first-order valence-corrected chi connectivity index (χ1v) is 7.84. The molecule has 0 saturated carbocycles. The van der Waals surface area contributed by atoms with Gasteiger partial charge in [0.05, 0.1) is 5.56 Å². The molecule has 0 bridgehead atoms. The van der Waals surface area contributed by atoms with Gasteiger partial charge in [0.1, 0.15) is 0 Å². The lowest BCUT2D eigenvalue weighted by atomic mass is 9.98. The van der Waals surface area contributed by atoms with E-state index >= 15 is 0 Å². The maximum Gasteiger partial charge on any atom is 0.287 e. The lowest BCUT2D eigenvalue weighted by Crippen LogP contribution is -2.36. The van der Waals surface area contributed by atoms with Crippen molar-refractivity contribution in [3.05, 3.63) is 88.9 Å². The van der Waals surface area contributed by atoms with Crippen LogP contribution in [-0.2, 0) is 0 Å². The molecule has 5 nitrogen and oxygen atoms in total. The molecule has 0 atom stereocenters. The number of benzene rings is 2. The third-order valence-electron chi connectivity index (χ3n) is 4.13. The fourth-order valence-electron chi connectivity index (χ4n) is 2.92. The molecule has 0 aliphatic carbocycles. The summed E-state index contributed by atoms with van der Waals surface area (Å²) in [6, 6.07) is 19.8. The number of aromatic nitrogens is 2. The van der Waals surface area contributed by atoms with Crippen LogP contribution >= 0.6 is 0 Å². The lowest BCUT2D eigenvalue weighted by Gasteiger charge is -2.10. The number of ketones is 1. The van der Waals surface area contributed by atoms with Gasteiger partial charge in [-0.2, -0.15) is 4.73 Å². The quantitative estimate of drug-likeness (QED) is 0.326. The molecule has 5 heteroatoms. The standard InChI is InChI=1S/C20H14N2O3/c1-13-18-17(25-21-13)12-16(14-8-4-2-5-9-14)19(22(18)24)20(23)15-10-6-3-7-11-15/h2-12H,1H3. The van der Waals surface area contributed by atoms with Crippen LogP contribution in [0.15, 0.2) is 71.3 Å². The summed E-state index contributed by atoms with van der Waals surface area (Å²) in [4.78, 5) is 13.1. The molecule has 0 aliphatic heterocycles. The molecule has 0 amide bonds. The fraction of sp³-hybridized carbons (Fsp3) is 0.0500. The topological polar surface area (TPSA) is 70.0 Å². The summed E-state index contributed by atoms with van der Waals surface area (Å²) in [6.45, 7) is 1.68. The van der Waals surface area contributed by atoms with Crippen molar-refractivity contribution in [3.8, 4) is 11.1 Å². The Hall–Kier alpha value is -3.47. The second-order valence-electron chi connectivity index (χ2n) is 5.74. The van der Waals surface area contributed by atoms with Gasteiger partial charge >= 0.3 is 0 Å². The molecule has 2 aromatic heterocycles. The average molecular weight is 330 g/mol. The van der Waals surface area contributed by atoms with E-state index in [1.54, 1.807) is 37.3 Å². The van der Waals surface area contributed by atoms with Gasteiger partial charge in [-0.3, -0.25) is 4.79 Å². The van der Waals surface area contributed by atoms with Gasteiger partial charge in [0.15, 0.2) is 5.69 Å². The van der Waals surface area contributed by atoms with Gasteiger partial charge in [-0.05, 0) is 12.5 Å². The second kappa shape index (κ2) is 5.87. The highest BCUT2D eigenvalue weighted by molar-refractivity contribution is 6.11. The summed E-state index contributed by atoms with van der Waals surface area (Å²) in [5.74, 6) is -0.336. The zero-order valence-electron chi connectivity index (χ0n) is 13.5. The zero-order valence-corrected chi connectivity index (χ0v) is 13.5. The van der Waals surface area contributed by atoms with Crippen molar-refractivity contribution in [2.45, 2.75) is 6.92 Å². The van der Waals surface area contributed by atoms with E-state index in [1.165, 1.54) is 0 Å². The number of hydrogen-bond acceptors (Lipinski definition) is 4. The van der Waals surface area contributed by atoms with Gasteiger partial charge in [-0.1, -0.05) is 65.8 Å². The van der Waals surface area contributed by atoms with Crippen LogP contribution in [0.1, 0.15) is 21.7 Å². The predicted molar refractivity (Wildman–Crippen MR) is 93.0 cm³/mol. The number of rotatable bonds is 3. The maximum absolute atomic E-state index is 13.1. The first-order chi connectivity index (χ1) is 12.2. The van der Waals surface area contributed by atoms with Gasteiger partial charge in [0.2, 0.25) is 5.58 Å². The number of carbonyl (C=O) groups is 1. The van der Waals surface area contributed by atoms with Crippen molar-refractivity contribution >= 4 is 16.9 Å². The Labute approximate surface area is 143 Å². The van der Waals surface area contributed by atoms with Crippen LogP contribution < -0.4 is 4.73 Å². The van der Waals surface area contributed by atoms with Crippen LogP contribution in [0.3, 0.4) is 0 Å². The van der Waals surface area contributed by atoms with E-state index in [-0.39, 0.29) is 17.0 Å². The highest BCUT2D eigenvalue weighted by Crippen LogP contribution is 2.28. The van der Waals surface area contributed by atoms with Crippen LogP contribution in [0, 0.1) is 12.1 Å². The Morgan fingerprint density at radius 1 is 1.04 bits per heavy atom. The van der Waals surface area contributed by atoms with Crippen LogP contribution in [0.2, 0.25) is 0 Å². The minimum absolute atomic E-state index is 0.0659. The highest BCUT2D eigenvalue weighted by Gasteiger charge is 2.29. The number of fused-ring (bicyclic) bond motifs is 1. The molecular weight excluding hydrogens is 316 g/mol. The third-order valence-corrected chi connectivity index (χ3v) is 4.13. The Morgan fingerprint density at radius 3 is 2.36 bits per heavy atom. The first-order valence-electron chi connectivity index (χ1n) is 7.84. The van der Waals surface area contributed by atoms with Crippen molar-refractivity contribution in [1.82, 2.24) is 5.16 Å². The molecule has 0 unspecified atom stereocenters. The Bertz CT molecular complexity index is 1070. The van der Waals surface area contributed by atoms with Crippen molar-refractivity contribution < 1.29 is 14.0 Å². The van der Waals surface area contributed by atoms with E-state index in [1.807, 2.05) is 36.4 Å². The van der Waals surface area contributed by atoms with Crippen LogP contribution in [0.5, 0.6) is 0 Å². The molecule has 0 saturated heterocycles. The molecule has 4 aromatic rings. The zero-order chi connectivity index (χ0) is 17.4. The number of pyridine rings is 1. The summed E-state index contributed by atoms with van der Waals surface area (Å²) in [5, 5.41) is 16.9. The van der Waals surface area contributed by atoms with Gasteiger partial charge in [0, 0.05) is 11.6 Å². The molecule has 2 aromatic carbocycles. The van der Waals surface area contributed by atoms with E-state index in [0.717, 1.165) is 5.56 Å². The molecule has 4 rings (SSSR count). The average Bonchev–Trinajstić information content (AvgIpc) is 3.04. The Balaban J connectivity index is 2.05. The van der Waals surface area contributed by atoms with E-state index in [0.29, 0.717) is 27.1 Å². The summed E-state index contributed by atoms with van der Waals surface area (Å²) < 4.78 is 5.89. The van der Waals surface area contributed by atoms with Crippen molar-refractivity contribution in [1.29, 1.82) is 0 Å². The van der Waals surface area contributed by atoms with Gasteiger partial charge in [-0.15, -0.1) is 0 Å². The summed E-state index contributed by atoms with van der Waals surface area (Å²) in [7, 11) is 0. The lowest BCUT2D eigenvalue weighted by molar-refractivity contribution is -0.579. The molecule has 122 valence electrons. The van der Waals surface area contributed by atoms with Crippen LogP contribution in [-0.4, -0.2) is 10.9 Å². The van der Waals surface area contributed by atoms with Crippen molar-refractivity contribution in [2.24, 2.45) is 0 Å². The first kappa shape index (κ1) is 15.1. The maximum atomic E-state index is 13.1. The van der Waals surface area contributed by atoms with E-state index < -0.39 is 0 Å². The Kier molecular flexibility index (Phi) is 3.54. The number of nitrogens with zero attached hydrogens (tertiary/aromatic N) is 2. The highest BCUT2D eigenvalue weighted by atomic mass is 16.5. The molecule has 25 heavy (non-hydrogen) atoms. The van der Waals surface area contributed by atoms with Gasteiger partial charge in [-0.25, -0.2) is 0 Å². The van der Waals surface area contributed by atoms with Crippen LogP contribution in [0.4, 0.5) is 0 Å².